The zero-order valence-corrected chi connectivity index (χ0v) is 13.7. The van der Waals surface area contributed by atoms with Crippen LogP contribution in [0.15, 0.2) is 30.3 Å². The van der Waals surface area contributed by atoms with Crippen LogP contribution in [0.4, 0.5) is 0 Å². The van der Waals surface area contributed by atoms with E-state index < -0.39 is 0 Å². The largest absolute Gasteiger partial charge is 0.375 e. The Balaban J connectivity index is 1.39. The molecule has 0 radical (unpaired) electrons. The van der Waals surface area contributed by atoms with Gasteiger partial charge in [-0.25, -0.2) is 0 Å². The number of hydrogen-bond donors (Lipinski definition) is 1. The van der Waals surface area contributed by atoms with E-state index in [-0.39, 0.29) is 5.60 Å². The van der Waals surface area contributed by atoms with Gasteiger partial charge in [0.15, 0.2) is 0 Å². The first-order chi connectivity index (χ1) is 10.4. The molecule has 3 heteroatoms. The normalized spacial score (nSPS) is 25.0. The average Bonchev–Trinajstić information content (AvgIpc) is 2.54. The zero-order valence-electron chi connectivity index (χ0n) is 12.9. The van der Waals surface area contributed by atoms with E-state index in [1.54, 1.807) is 0 Å². The maximum absolute atomic E-state index is 6.16. The topological polar surface area (TPSA) is 21.3 Å². The summed E-state index contributed by atoms with van der Waals surface area (Å²) in [6, 6.07) is 11.5. The second kappa shape index (κ2) is 7.66. The van der Waals surface area contributed by atoms with Crippen LogP contribution in [-0.4, -0.2) is 36.3 Å². The van der Waals surface area contributed by atoms with Crippen LogP contribution in [0.25, 0.3) is 0 Å². The molecular formula is C18H27NOS. The molecule has 0 saturated carbocycles. The van der Waals surface area contributed by atoms with Crippen LogP contribution in [0.2, 0.25) is 0 Å². The fourth-order valence-corrected chi connectivity index (χ4v) is 4.77. The molecule has 2 nitrogen and oxygen atoms in total. The van der Waals surface area contributed by atoms with Crippen molar-refractivity contribution >= 4 is 11.8 Å². The van der Waals surface area contributed by atoms with Crippen molar-refractivity contribution in [2.75, 3.05) is 24.7 Å². The number of benzene rings is 1. The summed E-state index contributed by atoms with van der Waals surface area (Å²) >= 11 is 2.08. The van der Waals surface area contributed by atoms with Crippen molar-refractivity contribution in [3.05, 3.63) is 35.9 Å². The number of thioether (sulfide) groups is 1. The molecule has 2 aliphatic heterocycles. The van der Waals surface area contributed by atoms with Crippen LogP contribution in [-0.2, 0) is 11.2 Å². The van der Waals surface area contributed by atoms with E-state index in [1.165, 1.54) is 55.6 Å². The summed E-state index contributed by atoms with van der Waals surface area (Å²) in [6.45, 7) is 2.07. The Hall–Kier alpha value is -0.510. The number of nitrogens with one attached hydrogen (secondary N) is 1. The summed E-state index contributed by atoms with van der Waals surface area (Å²) in [5.74, 6) is 2.56. The Bertz CT molecular complexity index is 411. The lowest BCUT2D eigenvalue weighted by molar-refractivity contribution is -0.0930. The van der Waals surface area contributed by atoms with Gasteiger partial charge in [-0.1, -0.05) is 30.3 Å². The molecule has 0 aliphatic carbocycles. The first-order valence-electron chi connectivity index (χ1n) is 8.35. The van der Waals surface area contributed by atoms with Crippen LogP contribution >= 0.6 is 11.8 Å². The molecule has 2 heterocycles. The van der Waals surface area contributed by atoms with E-state index in [4.69, 9.17) is 4.74 Å². The fourth-order valence-electron chi connectivity index (χ4n) is 3.54. The lowest BCUT2D eigenvalue weighted by Crippen LogP contribution is -2.49. The second-order valence-electron chi connectivity index (χ2n) is 6.38. The molecule has 116 valence electrons. The van der Waals surface area contributed by atoms with Gasteiger partial charge < -0.3 is 10.1 Å². The van der Waals surface area contributed by atoms with E-state index in [0.29, 0.717) is 6.04 Å². The minimum atomic E-state index is 0.209. The van der Waals surface area contributed by atoms with Gasteiger partial charge in [0, 0.05) is 12.6 Å². The maximum atomic E-state index is 6.16. The molecule has 2 saturated heterocycles. The smallest absolute Gasteiger partial charge is 0.0713 e. The lowest BCUT2D eigenvalue weighted by atomic mass is 9.85. The molecule has 0 aromatic heterocycles. The van der Waals surface area contributed by atoms with Gasteiger partial charge in [-0.05, 0) is 62.1 Å². The first kappa shape index (κ1) is 15.4. The molecule has 1 spiro atoms. The molecule has 1 aromatic carbocycles. The summed E-state index contributed by atoms with van der Waals surface area (Å²) in [5.41, 5.74) is 1.66. The summed E-state index contributed by atoms with van der Waals surface area (Å²) in [4.78, 5) is 0. The van der Waals surface area contributed by atoms with Crippen LogP contribution in [0, 0.1) is 0 Å². The molecule has 1 aromatic rings. The molecule has 0 bridgehead atoms. The van der Waals surface area contributed by atoms with Crippen LogP contribution < -0.4 is 5.32 Å². The van der Waals surface area contributed by atoms with E-state index in [9.17, 15) is 0 Å². The zero-order chi connectivity index (χ0) is 14.4. The summed E-state index contributed by atoms with van der Waals surface area (Å²) in [5, 5.41) is 3.78. The molecule has 1 atom stereocenters. The van der Waals surface area contributed by atoms with Crippen LogP contribution in [0.1, 0.15) is 37.7 Å². The average molecular weight is 305 g/mol. The lowest BCUT2D eigenvalue weighted by Gasteiger charge is -2.43. The van der Waals surface area contributed by atoms with Crippen LogP contribution in [0.3, 0.4) is 0 Å². The standard InChI is InChI=1S/C18H27NOS/c1-2-5-16(6-3-1)7-4-11-19-17-8-12-20-18(15-17)9-13-21-14-10-18/h1-3,5-6,17,19H,4,7-15H2. The van der Waals surface area contributed by atoms with Crippen LogP contribution in [0.5, 0.6) is 0 Å². The molecule has 1 unspecified atom stereocenters. The number of hydrogen-bond acceptors (Lipinski definition) is 3. The maximum Gasteiger partial charge on any atom is 0.0713 e. The highest BCUT2D eigenvalue weighted by Gasteiger charge is 2.38. The van der Waals surface area contributed by atoms with Crippen molar-refractivity contribution < 1.29 is 4.74 Å². The third kappa shape index (κ3) is 4.48. The van der Waals surface area contributed by atoms with Crippen molar-refractivity contribution in [1.29, 1.82) is 0 Å². The first-order valence-corrected chi connectivity index (χ1v) is 9.51. The Morgan fingerprint density at radius 3 is 2.81 bits per heavy atom. The van der Waals surface area contributed by atoms with E-state index in [2.05, 4.69) is 47.4 Å². The molecule has 21 heavy (non-hydrogen) atoms. The van der Waals surface area contributed by atoms with Gasteiger partial charge in [0.25, 0.3) is 0 Å². The molecule has 2 fully saturated rings. The highest BCUT2D eigenvalue weighted by atomic mass is 32.2. The quantitative estimate of drug-likeness (QED) is 0.839. The Morgan fingerprint density at radius 2 is 2.00 bits per heavy atom. The summed E-state index contributed by atoms with van der Waals surface area (Å²) in [7, 11) is 0. The van der Waals surface area contributed by atoms with Gasteiger partial charge in [0.05, 0.1) is 5.60 Å². The van der Waals surface area contributed by atoms with Crippen molar-refractivity contribution in [3.8, 4) is 0 Å². The molecule has 1 N–H and O–H groups in total. The minimum Gasteiger partial charge on any atom is -0.375 e. The van der Waals surface area contributed by atoms with Gasteiger partial charge >= 0.3 is 0 Å². The van der Waals surface area contributed by atoms with Gasteiger partial charge in [-0.15, -0.1) is 0 Å². The Labute approximate surface area is 133 Å². The molecule has 3 rings (SSSR count). The van der Waals surface area contributed by atoms with Gasteiger partial charge in [0.1, 0.15) is 0 Å². The molecule has 0 amide bonds. The van der Waals surface area contributed by atoms with E-state index in [1.807, 2.05) is 0 Å². The molecular weight excluding hydrogens is 278 g/mol. The van der Waals surface area contributed by atoms with E-state index >= 15 is 0 Å². The third-order valence-corrected chi connectivity index (χ3v) is 5.80. The predicted octanol–water partition coefficient (Wildman–Crippen LogP) is 3.65. The SMILES string of the molecule is c1ccc(CCCNC2CCOC3(CCSCC3)C2)cc1. The Kier molecular flexibility index (Phi) is 5.61. The van der Waals surface area contributed by atoms with Crippen molar-refractivity contribution in [2.24, 2.45) is 0 Å². The summed E-state index contributed by atoms with van der Waals surface area (Å²) < 4.78 is 6.16. The predicted molar refractivity (Wildman–Crippen MR) is 91.0 cm³/mol. The fraction of sp³-hybridized carbons (Fsp3) is 0.667. The Morgan fingerprint density at radius 1 is 1.19 bits per heavy atom. The highest BCUT2D eigenvalue weighted by Crippen LogP contribution is 2.37. The van der Waals surface area contributed by atoms with Gasteiger partial charge in [0.2, 0.25) is 0 Å². The van der Waals surface area contributed by atoms with Crippen molar-refractivity contribution in [1.82, 2.24) is 5.32 Å². The number of ether oxygens (including phenoxy) is 1. The van der Waals surface area contributed by atoms with Gasteiger partial charge in [-0.2, -0.15) is 11.8 Å². The monoisotopic (exact) mass is 305 g/mol. The molecule has 2 aliphatic rings. The number of aryl methyl sites for hydroxylation is 1. The minimum absolute atomic E-state index is 0.209. The van der Waals surface area contributed by atoms with Crippen molar-refractivity contribution in [2.45, 2.75) is 50.2 Å². The van der Waals surface area contributed by atoms with Crippen molar-refractivity contribution in [3.63, 3.8) is 0 Å². The van der Waals surface area contributed by atoms with Gasteiger partial charge in [-0.3, -0.25) is 0 Å². The van der Waals surface area contributed by atoms with E-state index in [0.717, 1.165) is 13.2 Å². The summed E-state index contributed by atoms with van der Waals surface area (Å²) in [6.07, 6.45) is 7.31. The number of rotatable bonds is 5. The highest BCUT2D eigenvalue weighted by molar-refractivity contribution is 7.99. The second-order valence-corrected chi connectivity index (χ2v) is 7.60. The third-order valence-electron chi connectivity index (χ3n) is 4.82.